The van der Waals surface area contributed by atoms with Gasteiger partial charge < -0.3 is 30.7 Å². The molecule has 0 saturated carbocycles. The van der Waals surface area contributed by atoms with Gasteiger partial charge in [-0.1, -0.05) is 31.2 Å². The van der Waals surface area contributed by atoms with E-state index in [4.69, 9.17) is 20.3 Å². The van der Waals surface area contributed by atoms with Gasteiger partial charge in [0, 0.05) is 19.1 Å². The Bertz CT molecular complexity index is 771. The lowest BCUT2D eigenvalue weighted by Crippen LogP contribution is -2.27. The number of hydrogen-bond acceptors (Lipinski definition) is 6. The zero-order valence-corrected chi connectivity index (χ0v) is 20.0. The van der Waals surface area contributed by atoms with Crippen molar-refractivity contribution in [1.29, 1.82) is 0 Å². The summed E-state index contributed by atoms with van der Waals surface area (Å²) in [7, 11) is 0. The van der Waals surface area contributed by atoms with Crippen molar-refractivity contribution in [3.63, 3.8) is 0 Å². The van der Waals surface area contributed by atoms with E-state index in [0.717, 1.165) is 62.3 Å². The summed E-state index contributed by atoms with van der Waals surface area (Å²) in [6, 6.07) is 15.9. The smallest absolute Gasteiger partial charge is 0.119 e. The van der Waals surface area contributed by atoms with Crippen LogP contribution < -0.4 is 20.5 Å². The number of hydrogen-bond donors (Lipinski definition) is 4. The van der Waals surface area contributed by atoms with Gasteiger partial charge >= 0.3 is 0 Å². The van der Waals surface area contributed by atoms with E-state index >= 15 is 0 Å². The predicted octanol–water partition coefficient (Wildman–Crippen LogP) is 3.85. The van der Waals surface area contributed by atoms with Crippen molar-refractivity contribution in [2.75, 3.05) is 39.5 Å². The number of nitrogens with two attached hydrogens (primary N) is 1. The summed E-state index contributed by atoms with van der Waals surface area (Å²) in [6.45, 7) is 6.02. The Morgan fingerprint density at radius 2 is 1.79 bits per heavy atom. The third-order valence-corrected chi connectivity index (χ3v) is 5.72. The molecular formula is C27H42N2O4. The standard InChI is InChI=1S/C27H42N2O4/c1-2-22(21-33-26-12-6-10-24(19-26)27(31)13-14-28)20-29-15-7-9-23-8-5-11-25(18-23)32-17-4-3-16-30/h5-6,8,10-12,18-19,22,27,29-31H,2-4,7,9,13-17,20-21,28H2,1H3. The van der Waals surface area contributed by atoms with Crippen LogP contribution in [0, 0.1) is 5.92 Å². The van der Waals surface area contributed by atoms with Crippen LogP contribution in [-0.4, -0.2) is 49.7 Å². The maximum Gasteiger partial charge on any atom is 0.119 e. The lowest BCUT2D eigenvalue weighted by molar-refractivity contribution is 0.169. The topological polar surface area (TPSA) is 97.0 Å². The number of benzene rings is 2. The van der Waals surface area contributed by atoms with E-state index in [1.165, 1.54) is 5.56 Å². The fourth-order valence-electron chi connectivity index (χ4n) is 3.59. The van der Waals surface area contributed by atoms with Crippen molar-refractivity contribution in [3.05, 3.63) is 59.7 Å². The molecule has 2 atom stereocenters. The first-order valence-electron chi connectivity index (χ1n) is 12.3. The Morgan fingerprint density at radius 3 is 2.55 bits per heavy atom. The lowest BCUT2D eigenvalue weighted by atomic mass is 10.1. The van der Waals surface area contributed by atoms with Gasteiger partial charge in [-0.3, -0.25) is 0 Å². The molecule has 0 saturated heterocycles. The van der Waals surface area contributed by atoms with E-state index in [1.54, 1.807) is 0 Å². The fourth-order valence-corrected chi connectivity index (χ4v) is 3.59. The predicted molar refractivity (Wildman–Crippen MR) is 134 cm³/mol. The summed E-state index contributed by atoms with van der Waals surface area (Å²) >= 11 is 0. The van der Waals surface area contributed by atoms with Crippen LogP contribution in [-0.2, 0) is 6.42 Å². The molecule has 2 unspecified atom stereocenters. The molecule has 0 bridgehead atoms. The molecule has 0 amide bonds. The van der Waals surface area contributed by atoms with Crippen molar-refractivity contribution < 1.29 is 19.7 Å². The molecule has 0 heterocycles. The molecule has 0 spiro atoms. The summed E-state index contributed by atoms with van der Waals surface area (Å²) in [5, 5.41) is 22.5. The van der Waals surface area contributed by atoms with Crippen LogP contribution in [0.5, 0.6) is 11.5 Å². The third kappa shape index (κ3) is 11.0. The SMILES string of the molecule is CCC(CNCCCc1cccc(OCCCCO)c1)COc1cccc(C(O)CCN)c1. The first-order valence-corrected chi connectivity index (χ1v) is 12.3. The average Bonchev–Trinajstić information content (AvgIpc) is 2.84. The number of nitrogens with one attached hydrogen (secondary N) is 1. The molecule has 2 aromatic rings. The molecule has 6 heteroatoms. The van der Waals surface area contributed by atoms with Crippen molar-refractivity contribution in [2.45, 2.75) is 51.6 Å². The maximum atomic E-state index is 10.1. The normalized spacial score (nSPS) is 13.0. The second-order valence-electron chi connectivity index (χ2n) is 8.49. The van der Waals surface area contributed by atoms with Gasteiger partial charge in [-0.25, -0.2) is 0 Å². The van der Waals surface area contributed by atoms with Crippen molar-refractivity contribution in [3.8, 4) is 11.5 Å². The minimum atomic E-state index is -0.541. The van der Waals surface area contributed by atoms with Gasteiger partial charge in [-0.15, -0.1) is 0 Å². The van der Waals surface area contributed by atoms with Crippen LogP contribution >= 0.6 is 0 Å². The quantitative estimate of drug-likeness (QED) is 0.253. The summed E-state index contributed by atoms with van der Waals surface area (Å²) in [5.74, 6) is 2.12. The van der Waals surface area contributed by atoms with Gasteiger partial charge in [-0.05, 0) is 87.0 Å². The molecule has 33 heavy (non-hydrogen) atoms. The summed E-state index contributed by atoms with van der Waals surface area (Å²) in [6.07, 6.45) is 4.76. The number of unbranched alkanes of at least 4 members (excludes halogenated alkanes) is 1. The van der Waals surface area contributed by atoms with Crippen molar-refractivity contribution >= 4 is 0 Å². The average molecular weight is 459 g/mol. The zero-order chi connectivity index (χ0) is 23.7. The molecule has 6 nitrogen and oxygen atoms in total. The molecule has 5 N–H and O–H groups in total. The highest BCUT2D eigenvalue weighted by Crippen LogP contribution is 2.22. The van der Waals surface area contributed by atoms with Crippen LogP contribution in [0.15, 0.2) is 48.5 Å². The molecule has 2 rings (SSSR count). The van der Waals surface area contributed by atoms with E-state index in [1.807, 2.05) is 36.4 Å². The molecule has 2 aromatic carbocycles. The highest BCUT2D eigenvalue weighted by atomic mass is 16.5. The molecule has 184 valence electrons. The number of aryl methyl sites for hydroxylation is 1. The minimum absolute atomic E-state index is 0.216. The number of aliphatic hydroxyl groups excluding tert-OH is 2. The minimum Gasteiger partial charge on any atom is -0.494 e. The van der Waals surface area contributed by atoms with Crippen LogP contribution in [0.2, 0.25) is 0 Å². The molecular weight excluding hydrogens is 416 g/mol. The van der Waals surface area contributed by atoms with Crippen LogP contribution in [0.4, 0.5) is 0 Å². The third-order valence-electron chi connectivity index (χ3n) is 5.72. The van der Waals surface area contributed by atoms with E-state index < -0.39 is 6.10 Å². The number of rotatable bonds is 18. The molecule has 0 aliphatic heterocycles. The van der Waals surface area contributed by atoms with Crippen LogP contribution in [0.1, 0.15) is 56.3 Å². The Morgan fingerprint density at radius 1 is 1.00 bits per heavy atom. The van der Waals surface area contributed by atoms with E-state index in [9.17, 15) is 5.11 Å². The summed E-state index contributed by atoms with van der Waals surface area (Å²) in [4.78, 5) is 0. The Labute approximate surface area is 199 Å². The maximum absolute atomic E-state index is 10.1. The first-order chi connectivity index (χ1) is 16.2. The monoisotopic (exact) mass is 458 g/mol. The molecule has 0 aliphatic carbocycles. The number of ether oxygens (including phenoxy) is 2. The van der Waals surface area contributed by atoms with E-state index in [2.05, 4.69) is 24.4 Å². The first kappa shape index (κ1) is 27.1. The Hall–Kier alpha value is -2.12. The van der Waals surface area contributed by atoms with Gasteiger partial charge in [0.15, 0.2) is 0 Å². The van der Waals surface area contributed by atoms with Gasteiger partial charge in [0.25, 0.3) is 0 Å². The molecule has 0 aromatic heterocycles. The highest BCUT2D eigenvalue weighted by Gasteiger charge is 2.10. The largest absolute Gasteiger partial charge is 0.494 e. The second kappa shape index (κ2) is 16.5. The van der Waals surface area contributed by atoms with Gasteiger partial charge in [0.2, 0.25) is 0 Å². The van der Waals surface area contributed by atoms with Gasteiger partial charge in [-0.2, -0.15) is 0 Å². The second-order valence-corrected chi connectivity index (χ2v) is 8.49. The lowest BCUT2D eigenvalue weighted by Gasteiger charge is -2.18. The summed E-state index contributed by atoms with van der Waals surface area (Å²) in [5.41, 5.74) is 7.68. The molecule has 0 fully saturated rings. The highest BCUT2D eigenvalue weighted by molar-refractivity contribution is 5.30. The van der Waals surface area contributed by atoms with Gasteiger partial charge in [0.05, 0.1) is 19.3 Å². The Kier molecular flexibility index (Phi) is 13.6. The van der Waals surface area contributed by atoms with Crippen molar-refractivity contribution in [2.24, 2.45) is 11.7 Å². The van der Waals surface area contributed by atoms with Gasteiger partial charge in [0.1, 0.15) is 11.5 Å². The summed E-state index contributed by atoms with van der Waals surface area (Å²) < 4.78 is 11.8. The van der Waals surface area contributed by atoms with E-state index in [0.29, 0.717) is 32.1 Å². The van der Waals surface area contributed by atoms with Crippen molar-refractivity contribution in [1.82, 2.24) is 5.32 Å². The number of aliphatic hydroxyl groups is 2. The van der Waals surface area contributed by atoms with Crippen LogP contribution in [0.25, 0.3) is 0 Å². The molecule has 0 radical (unpaired) electrons. The Balaban J connectivity index is 1.66. The zero-order valence-electron chi connectivity index (χ0n) is 20.0. The fraction of sp³-hybridized carbons (Fsp3) is 0.556. The van der Waals surface area contributed by atoms with E-state index in [-0.39, 0.29) is 6.61 Å². The molecule has 0 aliphatic rings. The van der Waals surface area contributed by atoms with Crippen LogP contribution in [0.3, 0.4) is 0 Å².